The van der Waals surface area contributed by atoms with E-state index in [-0.39, 0.29) is 36.0 Å². The van der Waals surface area contributed by atoms with E-state index >= 15 is 0 Å². The number of piperazine rings is 1. The van der Waals surface area contributed by atoms with Crippen LogP contribution >= 0.6 is 11.6 Å². The number of halogens is 1. The van der Waals surface area contributed by atoms with Crippen molar-refractivity contribution >= 4 is 33.0 Å². The molecular weight excluding hydrogens is 384 g/mol. The second-order valence-corrected chi connectivity index (χ2v) is 10.1. The first kappa shape index (κ1) is 18.5. The molecule has 2 aliphatic heterocycles. The van der Waals surface area contributed by atoms with Gasteiger partial charge in [0.05, 0.1) is 5.75 Å². The lowest BCUT2D eigenvalue weighted by Crippen LogP contribution is -3.19. The summed E-state index contributed by atoms with van der Waals surface area (Å²) in [5.41, 5.74) is 2.94. The molecule has 0 bridgehead atoms. The minimum absolute atomic E-state index is 0.0267. The molecule has 2 aliphatic rings. The van der Waals surface area contributed by atoms with Crippen LogP contribution in [-0.4, -0.2) is 44.5 Å². The Morgan fingerprint density at radius 2 is 1.74 bits per heavy atom. The van der Waals surface area contributed by atoms with E-state index < -0.39 is 9.84 Å². The van der Waals surface area contributed by atoms with Gasteiger partial charge in [-0.05, 0) is 31.2 Å². The number of carbonyl (C=O) groups excluding carboxylic acids is 1. The molecule has 0 aromatic heterocycles. The maximum absolute atomic E-state index is 13.0. The van der Waals surface area contributed by atoms with Crippen molar-refractivity contribution in [2.45, 2.75) is 25.6 Å². The van der Waals surface area contributed by atoms with Crippen LogP contribution in [0, 0.1) is 6.92 Å². The molecule has 0 spiro atoms. The van der Waals surface area contributed by atoms with Gasteiger partial charge in [0.15, 0.2) is 16.4 Å². The van der Waals surface area contributed by atoms with E-state index in [0.29, 0.717) is 11.6 Å². The van der Waals surface area contributed by atoms with Crippen LogP contribution in [0.1, 0.15) is 11.1 Å². The number of aryl methyl sites for hydroxylation is 1. The third kappa shape index (κ3) is 3.74. The molecule has 5 nitrogen and oxygen atoms in total. The van der Waals surface area contributed by atoms with Crippen molar-refractivity contribution in [1.29, 1.82) is 0 Å². The predicted octanol–water partition coefficient (Wildman–Crippen LogP) is 1.25. The Morgan fingerprint density at radius 3 is 2.41 bits per heavy atom. The highest BCUT2D eigenvalue weighted by atomic mass is 35.5. The SMILES string of the molecule is Cc1ccc(N2C(=O)C[NH+](Cc3ccc(Cl)cc3)[C@H]3CS(=O)(=O)C[C@@H]32)cc1. The third-order valence-electron chi connectivity index (χ3n) is 5.48. The lowest BCUT2D eigenvalue weighted by atomic mass is 10.0. The van der Waals surface area contributed by atoms with Gasteiger partial charge in [0, 0.05) is 16.3 Å². The van der Waals surface area contributed by atoms with E-state index in [0.717, 1.165) is 21.7 Å². The Kier molecular flexibility index (Phi) is 4.74. The molecule has 142 valence electrons. The molecule has 2 aromatic carbocycles. The van der Waals surface area contributed by atoms with Crippen molar-refractivity contribution in [3.05, 3.63) is 64.7 Å². The number of nitrogens with zero attached hydrogens (tertiary/aromatic N) is 1. The van der Waals surface area contributed by atoms with Gasteiger partial charge in [-0.2, -0.15) is 0 Å². The Balaban J connectivity index is 1.65. The molecular formula is C20H22ClN2O3S+. The van der Waals surface area contributed by atoms with Gasteiger partial charge in [0.25, 0.3) is 5.91 Å². The van der Waals surface area contributed by atoms with Gasteiger partial charge in [-0.3, -0.25) is 9.69 Å². The maximum Gasteiger partial charge on any atom is 0.282 e. The molecule has 2 saturated heterocycles. The van der Waals surface area contributed by atoms with Crippen LogP contribution < -0.4 is 9.80 Å². The standard InChI is InChI=1S/C20H21ClN2O3S/c1-14-2-8-17(9-3-14)23-19-13-27(25,26)12-18(19)22(11-20(23)24)10-15-4-6-16(21)7-5-15/h2-9,18-19H,10-13H2,1H3/p+1/t18-,19-/m0/s1. The minimum Gasteiger partial charge on any atom is -0.318 e. The number of amides is 1. The molecule has 4 rings (SSSR count). The average molecular weight is 406 g/mol. The van der Waals surface area contributed by atoms with Crippen LogP contribution in [0.25, 0.3) is 0 Å². The highest BCUT2D eigenvalue weighted by molar-refractivity contribution is 7.91. The highest BCUT2D eigenvalue weighted by Gasteiger charge is 2.52. The zero-order valence-electron chi connectivity index (χ0n) is 15.1. The lowest BCUT2D eigenvalue weighted by molar-refractivity contribution is -0.931. The van der Waals surface area contributed by atoms with Crippen LogP contribution in [0.4, 0.5) is 5.69 Å². The van der Waals surface area contributed by atoms with Gasteiger partial charge in [0.1, 0.15) is 24.4 Å². The van der Waals surface area contributed by atoms with Gasteiger partial charge < -0.3 is 4.90 Å². The normalized spacial score (nSPS) is 26.8. The number of carbonyl (C=O) groups is 1. The Labute approximate surface area is 164 Å². The van der Waals surface area contributed by atoms with Crippen molar-refractivity contribution < 1.29 is 18.1 Å². The van der Waals surface area contributed by atoms with E-state index in [2.05, 4.69) is 0 Å². The van der Waals surface area contributed by atoms with Crippen molar-refractivity contribution in [3.63, 3.8) is 0 Å². The van der Waals surface area contributed by atoms with E-state index in [1.807, 2.05) is 55.5 Å². The Morgan fingerprint density at radius 1 is 1.07 bits per heavy atom. The maximum atomic E-state index is 13.0. The monoisotopic (exact) mass is 405 g/mol. The smallest absolute Gasteiger partial charge is 0.282 e. The molecule has 0 radical (unpaired) electrons. The number of hydrogen-bond acceptors (Lipinski definition) is 3. The van der Waals surface area contributed by atoms with Crippen LogP contribution in [0.3, 0.4) is 0 Å². The highest BCUT2D eigenvalue weighted by Crippen LogP contribution is 2.26. The van der Waals surface area contributed by atoms with Crippen LogP contribution in [0.2, 0.25) is 5.02 Å². The summed E-state index contributed by atoms with van der Waals surface area (Å²) in [5.74, 6) is 0.124. The first-order valence-corrected chi connectivity index (χ1v) is 11.2. The van der Waals surface area contributed by atoms with Gasteiger partial charge in [-0.15, -0.1) is 0 Å². The summed E-state index contributed by atoms with van der Waals surface area (Å²) in [6.07, 6.45) is 0. The van der Waals surface area contributed by atoms with E-state index in [9.17, 15) is 13.2 Å². The first-order chi connectivity index (χ1) is 12.8. The van der Waals surface area contributed by atoms with Crippen molar-refractivity contribution in [3.8, 4) is 0 Å². The fraction of sp³-hybridized carbons (Fsp3) is 0.350. The Hall–Kier alpha value is -1.89. The summed E-state index contributed by atoms with van der Waals surface area (Å²) in [7, 11) is -3.17. The number of rotatable bonds is 3. The lowest BCUT2D eigenvalue weighted by Gasteiger charge is -2.40. The summed E-state index contributed by atoms with van der Waals surface area (Å²) in [5, 5.41) is 0.662. The summed E-state index contributed by atoms with van der Waals surface area (Å²) >= 11 is 5.96. The van der Waals surface area contributed by atoms with Gasteiger partial charge in [-0.25, -0.2) is 8.42 Å². The number of fused-ring (bicyclic) bond motifs is 1. The van der Waals surface area contributed by atoms with E-state index in [1.54, 1.807) is 4.90 Å². The zero-order valence-corrected chi connectivity index (χ0v) is 16.6. The second-order valence-electron chi connectivity index (χ2n) is 7.49. The first-order valence-electron chi connectivity index (χ1n) is 9.00. The average Bonchev–Trinajstić information content (AvgIpc) is 2.93. The number of benzene rings is 2. The summed E-state index contributed by atoms with van der Waals surface area (Å²) in [6, 6.07) is 14.8. The van der Waals surface area contributed by atoms with Gasteiger partial charge >= 0.3 is 0 Å². The van der Waals surface area contributed by atoms with Crippen molar-refractivity contribution in [1.82, 2.24) is 0 Å². The molecule has 0 saturated carbocycles. The van der Waals surface area contributed by atoms with Crippen molar-refractivity contribution in [2.24, 2.45) is 0 Å². The molecule has 3 atom stereocenters. The number of hydrogen-bond donors (Lipinski definition) is 1. The van der Waals surface area contributed by atoms with Crippen molar-refractivity contribution in [2.75, 3.05) is 23.0 Å². The summed E-state index contributed by atoms with van der Waals surface area (Å²) in [6.45, 7) is 2.89. The van der Waals surface area contributed by atoms with Gasteiger partial charge in [0.2, 0.25) is 0 Å². The molecule has 1 amide bonds. The quantitative estimate of drug-likeness (QED) is 0.836. The summed E-state index contributed by atoms with van der Waals surface area (Å²) < 4.78 is 24.8. The number of anilines is 1. The molecule has 27 heavy (non-hydrogen) atoms. The molecule has 2 aromatic rings. The summed E-state index contributed by atoms with van der Waals surface area (Å²) in [4.78, 5) is 15.7. The minimum atomic E-state index is -3.17. The number of sulfone groups is 1. The Bertz CT molecular complexity index is 958. The largest absolute Gasteiger partial charge is 0.318 e. The molecule has 1 unspecified atom stereocenters. The fourth-order valence-corrected chi connectivity index (χ4v) is 6.34. The van der Waals surface area contributed by atoms with E-state index in [4.69, 9.17) is 11.6 Å². The zero-order chi connectivity index (χ0) is 19.2. The predicted molar refractivity (Wildman–Crippen MR) is 106 cm³/mol. The second kappa shape index (κ2) is 6.93. The van der Waals surface area contributed by atoms with Crippen LogP contribution in [0.5, 0.6) is 0 Å². The molecule has 0 aliphatic carbocycles. The molecule has 2 fully saturated rings. The van der Waals surface area contributed by atoms with E-state index in [1.165, 1.54) is 0 Å². The molecule has 2 heterocycles. The topological polar surface area (TPSA) is 58.9 Å². The number of quaternary nitrogens is 1. The third-order valence-corrected chi connectivity index (χ3v) is 7.45. The van der Waals surface area contributed by atoms with Crippen LogP contribution in [-0.2, 0) is 21.2 Å². The molecule has 1 N–H and O–H groups in total. The number of nitrogens with one attached hydrogen (secondary N) is 1. The molecule has 7 heteroatoms. The van der Waals surface area contributed by atoms with Crippen LogP contribution in [0.15, 0.2) is 48.5 Å². The van der Waals surface area contributed by atoms with Gasteiger partial charge in [-0.1, -0.05) is 41.4 Å². The fourth-order valence-electron chi connectivity index (χ4n) is 4.17.